The van der Waals surface area contributed by atoms with Crippen LogP contribution in [-0.4, -0.2) is 0 Å². The number of benzene rings is 2. The monoisotopic (exact) mass is 269 g/mol. The van der Waals surface area contributed by atoms with Crippen molar-refractivity contribution in [3.8, 4) is 5.75 Å². The highest BCUT2D eigenvalue weighted by atomic mass is 16.5. The Bertz CT molecular complexity index is 559. The third-order valence-electron chi connectivity index (χ3n) is 3.43. The first-order valence-electron chi connectivity index (χ1n) is 6.95. The Balaban J connectivity index is 2.21. The van der Waals surface area contributed by atoms with Crippen LogP contribution in [0.1, 0.15) is 36.1 Å². The maximum absolute atomic E-state index is 6.17. The molecule has 0 aromatic heterocycles. The summed E-state index contributed by atoms with van der Waals surface area (Å²) in [4.78, 5) is 0. The third kappa shape index (κ3) is 3.40. The van der Waals surface area contributed by atoms with Crippen molar-refractivity contribution in [2.45, 2.75) is 39.8 Å². The van der Waals surface area contributed by atoms with Crippen molar-refractivity contribution in [3.05, 3.63) is 64.7 Å². The zero-order valence-electron chi connectivity index (χ0n) is 12.7. The number of aryl methyl sites for hydroxylation is 2. The van der Waals surface area contributed by atoms with Gasteiger partial charge in [-0.25, -0.2) is 0 Å². The van der Waals surface area contributed by atoms with Gasteiger partial charge >= 0.3 is 0 Å². The lowest BCUT2D eigenvalue weighted by Crippen LogP contribution is -2.28. The first-order valence-corrected chi connectivity index (χ1v) is 6.95. The van der Waals surface area contributed by atoms with Gasteiger partial charge in [0.05, 0.1) is 0 Å². The first-order chi connectivity index (χ1) is 9.38. The van der Waals surface area contributed by atoms with E-state index in [-0.39, 0.29) is 5.54 Å². The van der Waals surface area contributed by atoms with Crippen molar-refractivity contribution in [1.82, 2.24) is 0 Å². The molecular formula is C18H23NO. The van der Waals surface area contributed by atoms with E-state index in [0.29, 0.717) is 6.61 Å². The van der Waals surface area contributed by atoms with Crippen molar-refractivity contribution in [2.75, 3.05) is 0 Å². The molecular weight excluding hydrogens is 246 g/mol. The SMILES string of the molecule is Cc1cc(C(C)(C)N)cc(C)c1OCc1ccccc1. The molecule has 2 N–H and O–H groups in total. The minimum absolute atomic E-state index is 0.326. The van der Waals surface area contributed by atoms with Crippen molar-refractivity contribution < 1.29 is 4.74 Å². The first kappa shape index (κ1) is 14.6. The summed E-state index contributed by atoms with van der Waals surface area (Å²) in [6, 6.07) is 14.4. The van der Waals surface area contributed by atoms with Crippen LogP contribution >= 0.6 is 0 Å². The number of ether oxygens (including phenoxy) is 1. The second kappa shape index (κ2) is 5.68. The Kier molecular flexibility index (Phi) is 4.15. The van der Waals surface area contributed by atoms with E-state index >= 15 is 0 Å². The summed E-state index contributed by atoms with van der Waals surface area (Å²) >= 11 is 0. The smallest absolute Gasteiger partial charge is 0.125 e. The van der Waals surface area contributed by atoms with Crippen LogP contribution in [0.25, 0.3) is 0 Å². The normalized spacial score (nSPS) is 11.4. The fraction of sp³-hybridized carbons (Fsp3) is 0.333. The molecule has 0 aliphatic carbocycles. The van der Waals surface area contributed by atoms with Crippen LogP contribution in [0.3, 0.4) is 0 Å². The fourth-order valence-corrected chi connectivity index (χ4v) is 2.28. The van der Waals surface area contributed by atoms with Crippen LogP contribution in [0.4, 0.5) is 0 Å². The predicted octanol–water partition coefficient (Wildman–Crippen LogP) is 4.08. The van der Waals surface area contributed by atoms with Gasteiger partial charge in [-0.3, -0.25) is 0 Å². The van der Waals surface area contributed by atoms with Crippen LogP contribution in [-0.2, 0) is 12.1 Å². The summed E-state index contributed by atoms with van der Waals surface area (Å²) in [6.45, 7) is 8.77. The van der Waals surface area contributed by atoms with Crippen molar-refractivity contribution in [2.24, 2.45) is 5.73 Å². The number of hydrogen-bond acceptors (Lipinski definition) is 2. The van der Waals surface area contributed by atoms with Gasteiger partial charge < -0.3 is 10.5 Å². The van der Waals surface area contributed by atoms with E-state index in [1.807, 2.05) is 32.0 Å². The summed E-state index contributed by atoms with van der Waals surface area (Å²) < 4.78 is 5.98. The molecule has 0 amide bonds. The average Bonchev–Trinajstić information content (AvgIpc) is 2.37. The van der Waals surface area contributed by atoms with Gasteiger partial charge in [-0.1, -0.05) is 42.5 Å². The van der Waals surface area contributed by atoms with Gasteiger partial charge in [0.1, 0.15) is 12.4 Å². The minimum Gasteiger partial charge on any atom is -0.488 e. The standard InChI is InChI=1S/C18H23NO/c1-13-10-16(18(3,4)19)11-14(2)17(13)20-12-15-8-6-5-7-9-15/h5-11H,12,19H2,1-4H3. The highest BCUT2D eigenvalue weighted by molar-refractivity contribution is 5.45. The lowest BCUT2D eigenvalue weighted by Gasteiger charge is -2.22. The van der Waals surface area contributed by atoms with E-state index in [1.54, 1.807) is 0 Å². The van der Waals surface area contributed by atoms with E-state index in [0.717, 1.165) is 22.4 Å². The van der Waals surface area contributed by atoms with Gasteiger partial charge in [-0.2, -0.15) is 0 Å². The van der Waals surface area contributed by atoms with E-state index in [9.17, 15) is 0 Å². The summed E-state index contributed by atoms with van der Waals surface area (Å²) in [5, 5.41) is 0. The number of rotatable bonds is 4. The molecule has 0 unspecified atom stereocenters. The van der Waals surface area contributed by atoms with Crippen molar-refractivity contribution in [3.63, 3.8) is 0 Å². The van der Waals surface area contributed by atoms with Crippen molar-refractivity contribution >= 4 is 0 Å². The van der Waals surface area contributed by atoms with Gasteiger partial charge in [-0.15, -0.1) is 0 Å². The molecule has 0 saturated carbocycles. The lowest BCUT2D eigenvalue weighted by molar-refractivity contribution is 0.301. The largest absolute Gasteiger partial charge is 0.488 e. The zero-order chi connectivity index (χ0) is 14.8. The Hall–Kier alpha value is -1.80. The number of hydrogen-bond donors (Lipinski definition) is 1. The van der Waals surface area contributed by atoms with E-state index in [4.69, 9.17) is 10.5 Å². The molecule has 2 nitrogen and oxygen atoms in total. The molecule has 0 spiro atoms. The minimum atomic E-state index is -0.326. The molecule has 2 rings (SSSR count). The molecule has 0 saturated heterocycles. The summed E-state index contributed by atoms with van der Waals surface area (Å²) in [5.74, 6) is 0.960. The topological polar surface area (TPSA) is 35.2 Å². The third-order valence-corrected chi connectivity index (χ3v) is 3.43. The van der Waals surface area contributed by atoms with Gasteiger partial charge in [0.25, 0.3) is 0 Å². The van der Waals surface area contributed by atoms with Crippen molar-refractivity contribution in [1.29, 1.82) is 0 Å². The van der Waals surface area contributed by atoms with Gasteiger partial charge in [0, 0.05) is 5.54 Å². The Morgan fingerprint density at radius 3 is 2.05 bits per heavy atom. The molecule has 0 bridgehead atoms. The Labute approximate surface area is 121 Å². The molecule has 0 fully saturated rings. The second-order valence-corrected chi connectivity index (χ2v) is 5.94. The van der Waals surface area contributed by atoms with Gasteiger partial charge in [-0.05, 0) is 49.9 Å². The van der Waals surface area contributed by atoms with Crippen LogP contribution < -0.4 is 10.5 Å². The molecule has 2 heteroatoms. The molecule has 106 valence electrons. The van der Waals surface area contributed by atoms with Crippen LogP contribution in [0.5, 0.6) is 5.75 Å². The Morgan fingerprint density at radius 2 is 1.55 bits per heavy atom. The van der Waals surface area contributed by atoms with Gasteiger partial charge in [0.2, 0.25) is 0 Å². The maximum Gasteiger partial charge on any atom is 0.125 e. The van der Waals surface area contributed by atoms with E-state index < -0.39 is 0 Å². The quantitative estimate of drug-likeness (QED) is 0.907. The molecule has 2 aromatic carbocycles. The van der Waals surface area contributed by atoms with Crippen LogP contribution in [0.15, 0.2) is 42.5 Å². The maximum atomic E-state index is 6.17. The van der Waals surface area contributed by atoms with Crippen LogP contribution in [0.2, 0.25) is 0 Å². The molecule has 20 heavy (non-hydrogen) atoms. The van der Waals surface area contributed by atoms with E-state index in [2.05, 4.69) is 38.1 Å². The Morgan fingerprint density at radius 1 is 1.00 bits per heavy atom. The van der Waals surface area contributed by atoms with Crippen LogP contribution in [0, 0.1) is 13.8 Å². The van der Waals surface area contributed by atoms with Gasteiger partial charge in [0.15, 0.2) is 0 Å². The highest BCUT2D eigenvalue weighted by Gasteiger charge is 2.17. The lowest BCUT2D eigenvalue weighted by atomic mass is 9.92. The fourth-order valence-electron chi connectivity index (χ4n) is 2.28. The molecule has 0 radical (unpaired) electrons. The average molecular weight is 269 g/mol. The highest BCUT2D eigenvalue weighted by Crippen LogP contribution is 2.29. The molecule has 0 aliphatic rings. The molecule has 0 aliphatic heterocycles. The summed E-state index contributed by atoms with van der Waals surface area (Å²) in [6.07, 6.45) is 0. The second-order valence-electron chi connectivity index (χ2n) is 5.94. The zero-order valence-corrected chi connectivity index (χ0v) is 12.7. The molecule has 0 heterocycles. The van der Waals surface area contributed by atoms with E-state index in [1.165, 1.54) is 5.56 Å². The predicted molar refractivity (Wildman–Crippen MR) is 83.9 cm³/mol. The summed E-state index contributed by atoms with van der Waals surface area (Å²) in [7, 11) is 0. The molecule has 0 atom stereocenters. The summed E-state index contributed by atoms with van der Waals surface area (Å²) in [5.41, 5.74) is 10.4. The number of nitrogens with two attached hydrogens (primary N) is 1. The molecule has 2 aromatic rings.